The SMILES string of the molecule is C=CCN1C(=O)C(C)(C)COc2cc(NC(=O)Nc3ccc(C)c(C)c3)ccc21. The predicted octanol–water partition coefficient (Wildman–Crippen LogP) is 4.89. The van der Waals surface area contributed by atoms with E-state index in [4.69, 9.17) is 4.74 Å². The molecule has 0 fully saturated rings. The van der Waals surface area contributed by atoms with Crippen molar-refractivity contribution in [2.24, 2.45) is 5.41 Å². The molecule has 0 bridgehead atoms. The molecule has 1 aliphatic rings. The molecule has 29 heavy (non-hydrogen) atoms. The first-order valence-electron chi connectivity index (χ1n) is 9.56. The van der Waals surface area contributed by atoms with Gasteiger partial charge in [0.15, 0.2) is 0 Å². The molecule has 0 aromatic heterocycles. The average molecular weight is 393 g/mol. The summed E-state index contributed by atoms with van der Waals surface area (Å²) in [5.41, 5.74) is 3.59. The molecule has 6 heteroatoms. The molecule has 0 atom stereocenters. The molecule has 0 saturated carbocycles. The molecule has 1 aliphatic heterocycles. The summed E-state index contributed by atoms with van der Waals surface area (Å²) in [6.07, 6.45) is 1.69. The molecule has 0 saturated heterocycles. The van der Waals surface area contributed by atoms with Gasteiger partial charge in [0.1, 0.15) is 12.4 Å². The van der Waals surface area contributed by atoms with Crippen molar-refractivity contribution in [2.75, 3.05) is 28.7 Å². The van der Waals surface area contributed by atoms with Crippen LogP contribution in [-0.2, 0) is 4.79 Å². The van der Waals surface area contributed by atoms with Crippen molar-refractivity contribution in [1.82, 2.24) is 0 Å². The van der Waals surface area contributed by atoms with Gasteiger partial charge >= 0.3 is 6.03 Å². The molecule has 3 rings (SSSR count). The van der Waals surface area contributed by atoms with E-state index in [0.717, 1.165) is 11.3 Å². The van der Waals surface area contributed by atoms with Gasteiger partial charge in [-0.2, -0.15) is 0 Å². The van der Waals surface area contributed by atoms with Gasteiger partial charge in [0.2, 0.25) is 5.91 Å². The summed E-state index contributed by atoms with van der Waals surface area (Å²) in [5, 5.41) is 5.65. The van der Waals surface area contributed by atoms with Crippen LogP contribution in [0.1, 0.15) is 25.0 Å². The number of rotatable bonds is 4. The van der Waals surface area contributed by atoms with Crippen molar-refractivity contribution < 1.29 is 14.3 Å². The van der Waals surface area contributed by atoms with E-state index in [2.05, 4.69) is 17.2 Å². The van der Waals surface area contributed by atoms with Crippen molar-refractivity contribution >= 4 is 29.0 Å². The quantitative estimate of drug-likeness (QED) is 0.727. The van der Waals surface area contributed by atoms with Crippen LogP contribution < -0.4 is 20.3 Å². The Morgan fingerprint density at radius 1 is 1.14 bits per heavy atom. The predicted molar refractivity (Wildman–Crippen MR) is 117 cm³/mol. The highest BCUT2D eigenvalue weighted by Gasteiger charge is 2.37. The molecule has 0 radical (unpaired) electrons. The van der Waals surface area contributed by atoms with E-state index in [1.54, 1.807) is 29.2 Å². The van der Waals surface area contributed by atoms with Crippen LogP contribution in [0.5, 0.6) is 5.75 Å². The zero-order valence-corrected chi connectivity index (χ0v) is 17.3. The maximum atomic E-state index is 12.9. The van der Waals surface area contributed by atoms with Crippen molar-refractivity contribution in [1.29, 1.82) is 0 Å². The molecule has 3 amide bonds. The zero-order valence-electron chi connectivity index (χ0n) is 17.3. The van der Waals surface area contributed by atoms with Crippen LogP contribution in [0.3, 0.4) is 0 Å². The Bertz CT molecular complexity index is 966. The van der Waals surface area contributed by atoms with Gasteiger partial charge in [-0.1, -0.05) is 12.1 Å². The highest BCUT2D eigenvalue weighted by Crippen LogP contribution is 2.38. The van der Waals surface area contributed by atoms with Crippen molar-refractivity contribution in [3.8, 4) is 5.75 Å². The lowest BCUT2D eigenvalue weighted by Gasteiger charge is -2.27. The summed E-state index contributed by atoms with van der Waals surface area (Å²) in [4.78, 5) is 26.9. The van der Waals surface area contributed by atoms with Gasteiger partial charge in [-0.25, -0.2) is 4.79 Å². The molecule has 6 nitrogen and oxygen atoms in total. The van der Waals surface area contributed by atoms with E-state index < -0.39 is 5.41 Å². The molecule has 2 aromatic rings. The molecule has 2 aromatic carbocycles. The number of carbonyl (C=O) groups is 2. The van der Waals surface area contributed by atoms with Crippen LogP contribution in [0.2, 0.25) is 0 Å². The zero-order chi connectivity index (χ0) is 21.2. The number of hydrogen-bond acceptors (Lipinski definition) is 3. The fourth-order valence-corrected chi connectivity index (χ4v) is 3.15. The van der Waals surface area contributed by atoms with E-state index in [-0.39, 0.29) is 18.5 Å². The summed E-state index contributed by atoms with van der Waals surface area (Å²) in [6, 6.07) is 10.7. The summed E-state index contributed by atoms with van der Waals surface area (Å²) in [5.74, 6) is 0.527. The third-order valence-corrected chi connectivity index (χ3v) is 5.00. The normalized spacial score (nSPS) is 15.0. The van der Waals surface area contributed by atoms with Crippen LogP contribution in [-0.4, -0.2) is 25.1 Å². The van der Waals surface area contributed by atoms with Crippen molar-refractivity contribution in [2.45, 2.75) is 27.7 Å². The number of aryl methyl sites for hydroxylation is 2. The minimum atomic E-state index is -0.656. The minimum Gasteiger partial charge on any atom is -0.490 e. The Labute approximate surface area is 171 Å². The first-order valence-corrected chi connectivity index (χ1v) is 9.56. The lowest BCUT2D eigenvalue weighted by Crippen LogP contribution is -2.42. The largest absolute Gasteiger partial charge is 0.490 e. The minimum absolute atomic E-state index is 0.0238. The number of anilines is 3. The lowest BCUT2D eigenvalue weighted by atomic mass is 9.93. The van der Waals surface area contributed by atoms with Crippen LogP contribution in [0, 0.1) is 19.3 Å². The molecule has 0 aliphatic carbocycles. The Morgan fingerprint density at radius 3 is 2.45 bits per heavy atom. The molecular formula is C23H27N3O3. The monoisotopic (exact) mass is 393 g/mol. The highest BCUT2D eigenvalue weighted by atomic mass is 16.5. The standard InChI is InChI=1S/C23H27N3O3/c1-6-11-26-19-10-9-18(13-20(19)29-14-23(4,5)21(26)27)25-22(28)24-17-8-7-15(2)16(3)12-17/h6-10,12-13H,1,11,14H2,2-5H3,(H2,24,25,28). The van der Waals surface area contributed by atoms with Gasteiger partial charge in [-0.3, -0.25) is 4.79 Å². The Hall–Kier alpha value is -3.28. The number of amides is 3. The van der Waals surface area contributed by atoms with Crippen molar-refractivity contribution in [3.05, 3.63) is 60.2 Å². The van der Waals surface area contributed by atoms with E-state index in [1.165, 1.54) is 5.56 Å². The molecule has 152 valence electrons. The number of nitrogens with zero attached hydrogens (tertiary/aromatic N) is 1. The van der Waals surface area contributed by atoms with Crippen LogP contribution in [0.15, 0.2) is 49.1 Å². The highest BCUT2D eigenvalue weighted by molar-refractivity contribution is 6.02. The van der Waals surface area contributed by atoms with Gasteiger partial charge in [-0.15, -0.1) is 6.58 Å². The second-order valence-electron chi connectivity index (χ2n) is 7.94. The molecule has 0 spiro atoms. The number of fused-ring (bicyclic) bond motifs is 1. The molecule has 0 unspecified atom stereocenters. The first kappa shape index (κ1) is 20.5. The summed E-state index contributed by atoms with van der Waals surface area (Å²) in [7, 11) is 0. The molecular weight excluding hydrogens is 366 g/mol. The smallest absolute Gasteiger partial charge is 0.323 e. The lowest BCUT2D eigenvalue weighted by molar-refractivity contribution is -0.127. The summed E-state index contributed by atoms with van der Waals surface area (Å²) < 4.78 is 5.91. The second-order valence-corrected chi connectivity index (χ2v) is 7.94. The summed E-state index contributed by atoms with van der Waals surface area (Å²) in [6.45, 7) is 12.1. The van der Waals surface area contributed by atoms with Gasteiger partial charge in [0, 0.05) is 24.0 Å². The third-order valence-electron chi connectivity index (χ3n) is 5.00. The average Bonchev–Trinajstić information content (AvgIpc) is 2.75. The number of hydrogen-bond donors (Lipinski definition) is 2. The molecule has 2 N–H and O–H groups in total. The van der Waals surface area contributed by atoms with E-state index in [0.29, 0.717) is 23.7 Å². The van der Waals surface area contributed by atoms with Crippen LogP contribution in [0.4, 0.5) is 21.9 Å². The van der Waals surface area contributed by atoms with Gasteiger partial charge in [0.25, 0.3) is 0 Å². The van der Waals surface area contributed by atoms with Crippen LogP contribution in [0.25, 0.3) is 0 Å². The number of urea groups is 1. The topological polar surface area (TPSA) is 70.7 Å². The summed E-state index contributed by atoms with van der Waals surface area (Å²) >= 11 is 0. The fraction of sp³-hybridized carbons (Fsp3) is 0.304. The van der Waals surface area contributed by atoms with Crippen LogP contribution >= 0.6 is 0 Å². The molecule has 1 heterocycles. The first-order chi connectivity index (χ1) is 13.7. The Balaban J connectivity index is 1.80. The van der Waals surface area contributed by atoms with E-state index >= 15 is 0 Å². The Morgan fingerprint density at radius 2 is 1.79 bits per heavy atom. The number of nitrogens with one attached hydrogen (secondary N) is 2. The van der Waals surface area contributed by atoms with Gasteiger partial charge in [-0.05, 0) is 63.1 Å². The van der Waals surface area contributed by atoms with Crippen molar-refractivity contribution in [3.63, 3.8) is 0 Å². The maximum Gasteiger partial charge on any atom is 0.323 e. The third kappa shape index (κ3) is 4.42. The fourth-order valence-electron chi connectivity index (χ4n) is 3.15. The number of benzene rings is 2. The number of carbonyl (C=O) groups excluding carboxylic acids is 2. The Kier molecular flexibility index (Phi) is 5.64. The number of ether oxygens (including phenoxy) is 1. The maximum absolute atomic E-state index is 12.9. The van der Waals surface area contributed by atoms with Gasteiger partial charge in [0.05, 0.1) is 11.1 Å². The van der Waals surface area contributed by atoms with E-state index in [1.807, 2.05) is 45.9 Å². The second kappa shape index (κ2) is 7.99. The van der Waals surface area contributed by atoms with E-state index in [9.17, 15) is 9.59 Å². The van der Waals surface area contributed by atoms with Gasteiger partial charge < -0.3 is 20.3 Å².